The van der Waals surface area contributed by atoms with Crippen LogP contribution in [0.15, 0.2) is 5.10 Å². The summed E-state index contributed by atoms with van der Waals surface area (Å²) in [4.78, 5) is 26.4. The lowest BCUT2D eigenvalue weighted by atomic mass is 9.70. The maximum Gasteiger partial charge on any atom is 0.270 e. The molecule has 4 atom stereocenters. The van der Waals surface area contributed by atoms with Crippen LogP contribution in [0.3, 0.4) is 0 Å². The molecule has 5 heteroatoms. The fourth-order valence-electron chi connectivity index (χ4n) is 5.31. The van der Waals surface area contributed by atoms with E-state index in [4.69, 9.17) is 0 Å². The van der Waals surface area contributed by atoms with Crippen molar-refractivity contribution in [1.29, 1.82) is 0 Å². The molecule has 2 heterocycles. The number of hydrazone groups is 1. The SMILES string of the molecule is CCN1N=C(C(=O)N2C[C@@H]3[C@@H]4CC[C@@H](C4)[C@]3(C)C2)CC1=O. The van der Waals surface area contributed by atoms with E-state index in [0.717, 1.165) is 24.9 Å². The molecule has 0 aromatic rings. The molecule has 0 aromatic heterocycles. The van der Waals surface area contributed by atoms with E-state index in [1.807, 2.05) is 11.8 Å². The Kier molecular flexibility index (Phi) is 2.72. The van der Waals surface area contributed by atoms with Crippen molar-refractivity contribution < 1.29 is 9.59 Å². The van der Waals surface area contributed by atoms with Crippen LogP contribution in [0.4, 0.5) is 0 Å². The molecule has 0 unspecified atom stereocenters. The summed E-state index contributed by atoms with van der Waals surface area (Å²) < 4.78 is 0. The Labute approximate surface area is 125 Å². The van der Waals surface area contributed by atoms with Gasteiger partial charge in [-0.25, -0.2) is 5.01 Å². The Morgan fingerprint density at radius 2 is 2.24 bits per heavy atom. The number of hydrogen-bond donors (Lipinski definition) is 0. The van der Waals surface area contributed by atoms with Gasteiger partial charge in [0, 0.05) is 19.6 Å². The van der Waals surface area contributed by atoms with Crippen molar-refractivity contribution >= 4 is 17.5 Å². The predicted molar refractivity (Wildman–Crippen MR) is 78.4 cm³/mol. The number of hydrogen-bond acceptors (Lipinski definition) is 3. The maximum absolute atomic E-state index is 12.7. The first-order valence-corrected chi connectivity index (χ1v) is 8.20. The molecule has 114 valence electrons. The van der Waals surface area contributed by atoms with Crippen molar-refractivity contribution in [2.24, 2.45) is 28.3 Å². The molecule has 0 spiro atoms. The van der Waals surface area contributed by atoms with Crippen molar-refractivity contribution in [1.82, 2.24) is 9.91 Å². The van der Waals surface area contributed by atoms with Crippen LogP contribution in [-0.4, -0.2) is 47.1 Å². The summed E-state index contributed by atoms with van der Waals surface area (Å²) in [5.41, 5.74) is 0.754. The maximum atomic E-state index is 12.7. The average Bonchev–Trinajstić information content (AvgIpc) is 3.17. The number of rotatable bonds is 2. The molecule has 5 nitrogen and oxygen atoms in total. The summed E-state index contributed by atoms with van der Waals surface area (Å²) in [6.45, 7) is 6.52. The summed E-state index contributed by atoms with van der Waals surface area (Å²) in [6, 6.07) is 0. The number of amides is 2. The Balaban J connectivity index is 1.52. The highest BCUT2D eigenvalue weighted by molar-refractivity contribution is 6.43. The van der Waals surface area contributed by atoms with Gasteiger partial charge in [-0.2, -0.15) is 5.10 Å². The molecule has 2 aliphatic carbocycles. The van der Waals surface area contributed by atoms with Crippen LogP contribution >= 0.6 is 0 Å². The zero-order valence-electron chi connectivity index (χ0n) is 12.8. The summed E-state index contributed by atoms with van der Waals surface area (Å²) >= 11 is 0. The van der Waals surface area contributed by atoms with Gasteiger partial charge in [-0.05, 0) is 49.4 Å². The molecule has 2 amide bonds. The predicted octanol–water partition coefficient (Wildman–Crippen LogP) is 1.49. The molecule has 0 N–H and O–H groups in total. The third-order valence-electron chi connectivity index (χ3n) is 6.45. The van der Waals surface area contributed by atoms with Crippen LogP contribution in [0.25, 0.3) is 0 Å². The lowest BCUT2D eigenvalue weighted by molar-refractivity contribution is -0.129. The molecule has 1 saturated heterocycles. The zero-order chi connectivity index (χ0) is 14.8. The van der Waals surface area contributed by atoms with Gasteiger partial charge in [0.25, 0.3) is 5.91 Å². The van der Waals surface area contributed by atoms with Gasteiger partial charge in [0.15, 0.2) is 0 Å². The standard InChI is InChI=1S/C16H23N3O2/c1-3-19-14(20)7-13(17-19)15(21)18-8-12-10-4-5-11(6-10)16(12,2)9-18/h10-12H,3-9H2,1-2H3/t10-,11+,12-,16+/m1/s1. The minimum absolute atomic E-state index is 0.00525. The first-order valence-electron chi connectivity index (χ1n) is 8.20. The monoisotopic (exact) mass is 289 g/mol. The van der Waals surface area contributed by atoms with Crippen LogP contribution < -0.4 is 0 Å². The highest BCUT2D eigenvalue weighted by Gasteiger charge is 2.60. The van der Waals surface area contributed by atoms with Crippen LogP contribution in [0.1, 0.15) is 39.5 Å². The van der Waals surface area contributed by atoms with E-state index in [1.54, 1.807) is 0 Å². The van der Waals surface area contributed by atoms with Gasteiger partial charge in [0.2, 0.25) is 5.91 Å². The highest BCUT2D eigenvalue weighted by atomic mass is 16.2. The van der Waals surface area contributed by atoms with Crippen molar-refractivity contribution in [2.75, 3.05) is 19.6 Å². The van der Waals surface area contributed by atoms with Crippen molar-refractivity contribution in [3.63, 3.8) is 0 Å². The second-order valence-electron chi connectivity index (χ2n) is 7.40. The normalized spacial score (nSPS) is 41.0. The molecule has 2 bridgehead atoms. The minimum atomic E-state index is -0.0495. The number of fused-ring (bicyclic) bond motifs is 5. The second kappa shape index (κ2) is 4.31. The summed E-state index contributed by atoms with van der Waals surface area (Å²) in [7, 11) is 0. The lowest BCUT2D eigenvalue weighted by Crippen LogP contribution is -2.37. The van der Waals surface area contributed by atoms with E-state index in [1.165, 1.54) is 24.3 Å². The third kappa shape index (κ3) is 1.72. The molecule has 4 rings (SSSR count). The number of carbonyl (C=O) groups excluding carboxylic acids is 2. The van der Waals surface area contributed by atoms with Crippen LogP contribution in [0, 0.1) is 23.2 Å². The van der Waals surface area contributed by atoms with Gasteiger partial charge in [0.1, 0.15) is 5.71 Å². The molecular formula is C16H23N3O2. The Morgan fingerprint density at radius 1 is 1.43 bits per heavy atom. The second-order valence-corrected chi connectivity index (χ2v) is 7.40. The molecular weight excluding hydrogens is 266 g/mol. The molecule has 21 heavy (non-hydrogen) atoms. The van der Waals surface area contributed by atoms with E-state index in [-0.39, 0.29) is 18.2 Å². The largest absolute Gasteiger partial charge is 0.337 e. The smallest absolute Gasteiger partial charge is 0.270 e. The number of likely N-dealkylation sites (tertiary alicyclic amines) is 1. The molecule has 4 aliphatic rings. The minimum Gasteiger partial charge on any atom is -0.337 e. The van der Waals surface area contributed by atoms with Crippen LogP contribution in [0.5, 0.6) is 0 Å². The quantitative estimate of drug-likeness (QED) is 0.773. The molecule has 0 radical (unpaired) electrons. The highest BCUT2D eigenvalue weighted by Crippen LogP contribution is 2.62. The van der Waals surface area contributed by atoms with Gasteiger partial charge in [0.05, 0.1) is 6.42 Å². The van der Waals surface area contributed by atoms with E-state index < -0.39 is 0 Å². The topological polar surface area (TPSA) is 53.0 Å². The van der Waals surface area contributed by atoms with E-state index in [9.17, 15) is 9.59 Å². The van der Waals surface area contributed by atoms with Crippen molar-refractivity contribution in [3.8, 4) is 0 Å². The fourth-order valence-corrected chi connectivity index (χ4v) is 5.31. The van der Waals surface area contributed by atoms with Crippen LogP contribution in [0.2, 0.25) is 0 Å². The Bertz CT molecular complexity index is 544. The van der Waals surface area contributed by atoms with Gasteiger partial charge in [-0.1, -0.05) is 6.92 Å². The average molecular weight is 289 g/mol. The number of nitrogens with zero attached hydrogens (tertiary/aromatic N) is 3. The van der Waals surface area contributed by atoms with Crippen LogP contribution in [-0.2, 0) is 9.59 Å². The molecule has 2 aliphatic heterocycles. The first kappa shape index (κ1) is 13.3. The summed E-state index contributed by atoms with van der Waals surface area (Å²) in [5, 5.41) is 5.62. The molecule has 0 aromatic carbocycles. The lowest BCUT2D eigenvalue weighted by Gasteiger charge is -2.34. The molecule has 2 saturated carbocycles. The van der Waals surface area contributed by atoms with Crippen molar-refractivity contribution in [3.05, 3.63) is 0 Å². The van der Waals surface area contributed by atoms with Gasteiger partial charge >= 0.3 is 0 Å². The van der Waals surface area contributed by atoms with Gasteiger partial charge < -0.3 is 4.90 Å². The van der Waals surface area contributed by atoms with Crippen molar-refractivity contribution in [2.45, 2.75) is 39.5 Å². The van der Waals surface area contributed by atoms with E-state index in [2.05, 4.69) is 12.0 Å². The number of carbonyl (C=O) groups is 2. The Morgan fingerprint density at radius 3 is 2.90 bits per heavy atom. The first-order chi connectivity index (χ1) is 10.0. The third-order valence-corrected chi connectivity index (χ3v) is 6.45. The zero-order valence-corrected chi connectivity index (χ0v) is 12.8. The summed E-state index contributed by atoms with van der Waals surface area (Å²) in [6.07, 6.45) is 4.22. The van der Waals surface area contributed by atoms with E-state index in [0.29, 0.717) is 23.6 Å². The summed E-state index contributed by atoms with van der Waals surface area (Å²) in [5.74, 6) is 2.22. The molecule has 3 fully saturated rings. The fraction of sp³-hybridized carbons (Fsp3) is 0.812. The van der Waals surface area contributed by atoms with Gasteiger partial charge in [-0.15, -0.1) is 0 Å². The van der Waals surface area contributed by atoms with E-state index >= 15 is 0 Å². The van der Waals surface area contributed by atoms with Gasteiger partial charge in [-0.3, -0.25) is 9.59 Å². The Hall–Kier alpha value is -1.39.